The Morgan fingerprint density at radius 2 is 1.20 bits per heavy atom. The summed E-state index contributed by atoms with van der Waals surface area (Å²) in [6.45, 7) is 11.3. The molecule has 0 aromatic heterocycles. The summed E-state index contributed by atoms with van der Waals surface area (Å²) in [5.74, 6) is 0.553. The Kier molecular flexibility index (Phi) is 12.4. The van der Waals surface area contributed by atoms with Crippen molar-refractivity contribution in [1.82, 2.24) is 0 Å². The van der Waals surface area contributed by atoms with Crippen molar-refractivity contribution in [3.8, 4) is 0 Å². The van der Waals surface area contributed by atoms with Crippen LogP contribution in [0.1, 0.15) is 73.1 Å². The van der Waals surface area contributed by atoms with Crippen LogP contribution in [0.15, 0.2) is 12.2 Å². The molecule has 0 aromatic carbocycles. The van der Waals surface area contributed by atoms with Crippen molar-refractivity contribution in [1.29, 1.82) is 0 Å². The van der Waals surface area contributed by atoms with E-state index < -0.39 is 18.4 Å². The molecular formula is C18H38OSn. The third-order valence-electron chi connectivity index (χ3n) is 4.39. The van der Waals surface area contributed by atoms with Crippen molar-refractivity contribution in [2.75, 3.05) is 0 Å². The first-order chi connectivity index (χ1) is 9.52. The van der Waals surface area contributed by atoms with Gasteiger partial charge < -0.3 is 0 Å². The number of allylic oxidation sites excluding steroid dienone is 1. The van der Waals surface area contributed by atoms with E-state index in [1.54, 1.807) is 0 Å². The Hall–Kier alpha value is 0.499. The quantitative estimate of drug-likeness (QED) is 0.323. The van der Waals surface area contributed by atoms with Crippen molar-refractivity contribution in [3.63, 3.8) is 0 Å². The standard InChI is InChI=1S/C6H11O.3C4H9.Sn/c1-6(2)4-3-5-7;3*1-3-4-2;/h3-7H,1-2H3;3*1,3-4H2,2H3;/b4-3+;;;;. The molecule has 2 heteroatoms. The molecule has 0 saturated heterocycles. The molecule has 0 heterocycles. The van der Waals surface area contributed by atoms with Crippen LogP contribution in [0.2, 0.25) is 13.3 Å². The predicted molar refractivity (Wildman–Crippen MR) is 94.9 cm³/mol. The van der Waals surface area contributed by atoms with Crippen molar-refractivity contribution >= 4 is 18.4 Å². The normalized spacial score (nSPS) is 14.3. The summed E-state index contributed by atoms with van der Waals surface area (Å²) < 4.78 is 4.09. The molecule has 0 unspecified atom stereocenters. The van der Waals surface area contributed by atoms with Crippen LogP contribution in [0.4, 0.5) is 0 Å². The van der Waals surface area contributed by atoms with Gasteiger partial charge in [0.2, 0.25) is 0 Å². The van der Waals surface area contributed by atoms with E-state index in [4.69, 9.17) is 0 Å². The predicted octanol–water partition coefficient (Wildman–Crippen LogP) is 5.95. The van der Waals surface area contributed by atoms with E-state index in [0.717, 1.165) is 0 Å². The molecule has 120 valence electrons. The Morgan fingerprint density at radius 3 is 1.50 bits per heavy atom. The first-order valence-electron chi connectivity index (χ1n) is 8.88. The molecule has 0 aromatic rings. The molecule has 1 N–H and O–H groups in total. The zero-order valence-corrected chi connectivity index (χ0v) is 17.5. The monoisotopic (exact) mass is 390 g/mol. The zero-order valence-electron chi connectivity index (χ0n) is 14.6. The SMILES string of the molecule is CCC[CH2][Sn]([CH2]CCC)([CH2]CCC)[C@H](O)/C=C/C(C)C. The molecule has 0 fully saturated rings. The number of unbranched alkanes of at least 4 members (excludes halogenated alkanes) is 3. The average molecular weight is 389 g/mol. The van der Waals surface area contributed by atoms with Crippen LogP contribution in [-0.4, -0.2) is 27.6 Å². The Bertz CT molecular complexity index is 226. The fraction of sp³-hybridized carbons (Fsp3) is 0.889. The van der Waals surface area contributed by atoms with Crippen LogP contribution in [0, 0.1) is 5.92 Å². The fourth-order valence-corrected chi connectivity index (χ4v) is 18.1. The molecule has 0 aliphatic rings. The molecule has 0 radical (unpaired) electrons. The Labute approximate surface area is 132 Å². The minimum absolute atomic E-state index is 0.0589. The third kappa shape index (κ3) is 8.07. The van der Waals surface area contributed by atoms with Crippen LogP contribution in [0.3, 0.4) is 0 Å². The first-order valence-corrected chi connectivity index (χ1v) is 16.6. The van der Waals surface area contributed by atoms with E-state index in [1.807, 2.05) is 0 Å². The molecule has 0 rings (SSSR count). The van der Waals surface area contributed by atoms with Crippen LogP contribution >= 0.6 is 0 Å². The topological polar surface area (TPSA) is 20.2 Å². The van der Waals surface area contributed by atoms with Gasteiger partial charge in [-0.25, -0.2) is 0 Å². The molecule has 0 aliphatic heterocycles. The molecule has 0 bridgehead atoms. The van der Waals surface area contributed by atoms with Crippen LogP contribution in [0.25, 0.3) is 0 Å². The van der Waals surface area contributed by atoms with Gasteiger partial charge in [0.05, 0.1) is 0 Å². The fourth-order valence-electron chi connectivity index (χ4n) is 2.94. The molecule has 1 nitrogen and oxygen atoms in total. The van der Waals surface area contributed by atoms with Crippen LogP contribution < -0.4 is 0 Å². The van der Waals surface area contributed by atoms with Gasteiger partial charge in [0.25, 0.3) is 0 Å². The molecule has 0 saturated carbocycles. The minimum atomic E-state index is -2.42. The van der Waals surface area contributed by atoms with Gasteiger partial charge in [0.15, 0.2) is 0 Å². The van der Waals surface area contributed by atoms with Gasteiger partial charge in [-0.3, -0.25) is 0 Å². The second-order valence-electron chi connectivity index (χ2n) is 6.75. The maximum absolute atomic E-state index is 10.9. The van der Waals surface area contributed by atoms with E-state index in [-0.39, 0.29) is 4.12 Å². The molecule has 0 spiro atoms. The van der Waals surface area contributed by atoms with Crippen molar-refractivity contribution in [2.45, 2.75) is 90.6 Å². The van der Waals surface area contributed by atoms with Crippen molar-refractivity contribution in [2.24, 2.45) is 5.92 Å². The summed E-state index contributed by atoms with van der Waals surface area (Å²) in [5.41, 5.74) is 0. The van der Waals surface area contributed by atoms with Gasteiger partial charge in [-0.05, 0) is 0 Å². The van der Waals surface area contributed by atoms with Gasteiger partial charge in [0.1, 0.15) is 0 Å². The number of rotatable bonds is 12. The summed E-state index contributed by atoms with van der Waals surface area (Å²) >= 11 is -2.42. The average Bonchev–Trinajstić information content (AvgIpc) is 2.44. The van der Waals surface area contributed by atoms with E-state index >= 15 is 0 Å². The van der Waals surface area contributed by atoms with Crippen molar-refractivity contribution < 1.29 is 5.11 Å². The summed E-state index contributed by atoms with van der Waals surface area (Å²) in [6.07, 6.45) is 12.2. The van der Waals surface area contributed by atoms with Gasteiger partial charge in [-0.1, -0.05) is 0 Å². The van der Waals surface area contributed by atoms with Gasteiger partial charge in [-0.2, -0.15) is 0 Å². The maximum atomic E-state index is 10.9. The molecule has 0 amide bonds. The van der Waals surface area contributed by atoms with Crippen molar-refractivity contribution in [3.05, 3.63) is 12.2 Å². The van der Waals surface area contributed by atoms with E-state index in [2.05, 4.69) is 46.8 Å². The molecule has 1 atom stereocenters. The summed E-state index contributed by atoms with van der Waals surface area (Å²) in [5, 5.41) is 10.9. The second kappa shape index (κ2) is 12.1. The van der Waals surface area contributed by atoms with E-state index in [1.165, 1.54) is 51.8 Å². The van der Waals surface area contributed by atoms with Gasteiger partial charge in [-0.15, -0.1) is 0 Å². The molecule has 0 aliphatic carbocycles. The number of aliphatic hydroxyl groups is 1. The van der Waals surface area contributed by atoms with E-state index in [0.29, 0.717) is 5.92 Å². The first kappa shape index (κ1) is 20.5. The third-order valence-corrected chi connectivity index (χ3v) is 20.1. The van der Waals surface area contributed by atoms with Gasteiger partial charge >= 0.3 is 132 Å². The van der Waals surface area contributed by atoms with Gasteiger partial charge in [0, 0.05) is 0 Å². The number of hydrogen-bond donors (Lipinski definition) is 1. The summed E-state index contributed by atoms with van der Waals surface area (Å²) in [7, 11) is 0. The van der Waals surface area contributed by atoms with Crippen LogP contribution in [-0.2, 0) is 0 Å². The molecular weight excluding hydrogens is 351 g/mol. The zero-order chi connectivity index (χ0) is 15.4. The second-order valence-corrected chi connectivity index (χ2v) is 20.5. The number of hydrogen-bond acceptors (Lipinski definition) is 1. The van der Waals surface area contributed by atoms with E-state index in [9.17, 15) is 5.11 Å². The summed E-state index contributed by atoms with van der Waals surface area (Å²) in [4.78, 5) is 0. The Balaban J connectivity index is 4.99. The molecule has 20 heavy (non-hydrogen) atoms. The summed E-state index contributed by atoms with van der Waals surface area (Å²) in [6, 6.07) is 0. The number of aliphatic hydroxyl groups excluding tert-OH is 1. The Morgan fingerprint density at radius 1 is 0.800 bits per heavy atom. The van der Waals surface area contributed by atoms with Crippen LogP contribution in [0.5, 0.6) is 0 Å².